The van der Waals surface area contributed by atoms with Gasteiger partial charge < -0.3 is 9.64 Å². The average Bonchev–Trinajstić information content (AvgIpc) is 2.15. The summed E-state index contributed by atoms with van der Waals surface area (Å²) in [7, 11) is 0. The van der Waals surface area contributed by atoms with Crippen molar-refractivity contribution in [3.63, 3.8) is 0 Å². The molecule has 3 nitrogen and oxygen atoms in total. The minimum Gasteiger partial charge on any atom is -0.372 e. The molecule has 0 spiro atoms. The van der Waals surface area contributed by atoms with Crippen LogP contribution in [0.3, 0.4) is 0 Å². The van der Waals surface area contributed by atoms with Gasteiger partial charge in [0.1, 0.15) is 0 Å². The topological polar surface area (TPSA) is 25.4 Å². The predicted molar refractivity (Wildman–Crippen MR) is 61.4 cm³/mol. The van der Waals surface area contributed by atoms with Crippen molar-refractivity contribution in [2.24, 2.45) is 0 Å². The van der Waals surface area contributed by atoms with Gasteiger partial charge in [0.2, 0.25) is 0 Å². The molecule has 0 unspecified atom stereocenters. The first-order valence-corrected chi connectivity index (χ1v) is 5.56. The quantitative estimate of drug-likeness (QED) is 0.759. The van der Waals surface area contributed by atoms with Crippen LogP contribution >= 0.6 is 11.6 Å². The molecule has 1 aromatic heterocycles. The van der Waals surface area contributed by atoms with Crippen LogP contribution in [0.15, 0.2) is 12.3 Å². The molecule has 0 aliphatic carbocycles. The third-order valence-electron chi connectivity index (χ3n) is 2.51. The third-order valence-corrected chi connectivity index (χ3v) is 2.72. The highest BCUT2D eigenvalue weighted by molar-refractivity contribution is 6.30. The number of hydrogen-bond donors (Lipinski definition) is 0. The van der Waals surface area contributed by atoms with E-state index in [1.807, 2.05) is 18.7 Å². The van der Waals surface area contributed by atoms with Crippen LogP contribution in [-0.2, 0) is 4.74 Å². The smallest absolute Gasteiger partial charge is 0.167 e. The van der Waals surface area contributed by atoms with Crippen molar-refractivity contribution in [3.8, 4) is 0 Å². The summed E-state index contributed by atoms with van der Waals surface area (Å²) in [5, 5.41) is 0.314. The predicted octanol–water partition coefficient (Wildman–Crippen LogP) is 2.49. The fourth-order valence-electron chi connectivity index (χ4n) is 1.84. The van der Waals surface area contributed by atoms with Crippen LogP contribution in [0.5, 0.6) is 0 Å². The van der Waals surface area contributed by atoms with E-state index in [-0.39, 0.29) is 11.4 Å². The standard InChI is InChI=1S/C11H14ClFN2O/c1-11(2)7-15(3-4-16-11)10-9(13)5-8(12)6-14-10/h5-6H,3-4,7H2,1-2H3. The van der Waals surface area contributed by atoms with E-state index in [1.54, 1.807) is 0 Å². The lowest BCUT2D eigenvalue weighted by Gasteiger charge is -2.38. The zero-order valence-electron chi connectivity index (χ0n) is 9.33. The monoisotopic (exact) mass is 244 g/mol. The van der Waals surface area contributed by atoms with Crippen LogP contribution in [-0.4, -0.2) is 30.3 Å². The lowest BCUT2D eigenvalue weighted by Crippen LogP contribution is -2.48. The van der Waals surface area contributed by atoms with Crippen molar-refractivity contribution in [2.75, 3.05) is 24.6 Å². The first kappa shape index (κ1) is 11.6. The van der Waals surface area contributed by atoms with Crippen molar-refractivity contribution >= 4 is 17.4 Å². The number of pyridine rings is 1. The summed E-state index contributed by atoms with van der Waals surface area (Å²) in [6, 6.07) is 1.28. The summed E-state index contributed by atoms with van der Waals surface area (Å²) < 4.78 is 19.2. The average molecular weight is 245 g/mol. The Bertz CT molecular complexity index is 398. The van der Waals surface area contributed by atoms with E-state index < -0.39 is 0 Å². The Kier molecular flexibility index (Phi) is 3.04. The second-order valence-electron chi connectivity index (χ2n) is 4.49. The van der Waals surface area contributed by atoms with Crippen molar-refractivity contribution in [1.29, 1.82) is 0 Å². The van der Waals surface area contributed by atoms with Gasteiger partial charge in [0.25, 0.3) is 0 Å². The Morgan fingerprint density at radius 2 is 2.31 bits per heavy atom. The number of nitrogens with zero attached hydrogens (tertiary/aromatic N) is 2. The molecular formula is C11H14ClFN2O. The highest BCUT2D eigenvalue weighted by atomic mass is 35.5. The Balaban J connectivity index is 2.23. The molecule has 0 radical (unpaired) electrons. The van der Waals surface area contributed by atoms with Crippen LogP contribution in [0.25, 0.3) is 0 Å². The lowest BCUT2D eigenvalue weighted by molar-refractivity contribution is -0.0280. The van der Waals surface area contributed by atoms with Crippen molar-refractivity contribution in [2.45, 2.75) is 19.4 Å². The molecular weight excluding hydrogens is 231 g/mol. The van der Waals surface area contributed by atoms with Crippen molar-refractivity contribution in [1.82, 2.24) is 4.98 Å². The van der Waals surface area contributed by atoms with Gasteiger partial charge in [-0.1, -0.05) is 11.6 Å². The summed E-state index contributed by atoms with van der Waals surface area (Å²) in [5.41, 5.74) is -0.272. The van der Waals surface area contributed by atoms with E-state index in [0.29, 0.717) is 30.5 Å². The van der Waals surface area contributed by atoms with Crippen LogP contribution in [0, 0.1) is 5.82 Å². The summed E-state index contributed by atoms with van der Waals surface area (Å²) in [6.07, 6.45) is 1.46. The molecule has 0 amide bonds. The van der Waals surface area contributed by atoms with Gasteiger partial charge in [-0.2, -0.15) is 0 Å². The molecule has 1 aliphatic heterocycles. The SMILES string of the molecule is CC1(C)CN(c2ncc(Cl)cc2F)CCO1. The molecule has 2 heterocycles. The second kappa shape index (κ2) is 4.18. The molecule has 5 heteroatoms. The van der Waals surface area contributed by atoms with E-state index in [1.165, 1.54) is 12.3 Å². The number of hydrogen-bond acceptors (Lipinski definition) is 3. The highest BCUT2D eigenvalue weighted by Crippen LogP contribution is 2.24. The number of halogens is 2. The zero-order valence-corrected chi connectivity index (χ0v) is 10.1. The fourth-order valence-corrected chi connectivity index (χ4v) is 1.98. The van der Waals surface area contributed by atoms with E-state index in [0.717, 1.165) is 0 Å². The minimum atomic E-state index is -0.384. The fraction of sp³-hybridized carbons (Fsp3) is 0.545. The molecule has 88 valence electrons. The van der Waals surface area contributed by atoms with Gasteiger partial charge in [0.05, 0.1) is 17.2 Å². The third kappa shape index (κ3) is 2.44. The van der Waals surface area contributed by atoms with Gasteiger partial charge in [-0.3, -0.25) is 0 Å². The number of ether oxygens (including phenoxy) is 1. The molecule has 0 atom stereocenters. The number of anilines is 1. The summed E-state index contributed by atoms with van der Waals surface area (Å²) >= 11 is 5.67. The zero-order chi connectivity index (χ0) is 11.8. The van der Waals surface area contributed by atoms with Gasteiger partial charge >= 0.3 is 0 Å². The number of aromatic nitrogens is 1. The minimum absolute atomic E-state index is 0.272. The maximum Gasteiger partial charge on any atom is 0.167 e. The molecule has 0 saturated carbocycles. The van der Waals surface area contributed by atoms with Gasteiger partial charge in [0, 0.05) is 19.3 Å². The molecule has 1 saturated heterocycles. The van der Waals surface area contributed by atoms with Crippen molar-refractivity contribution < 1.29 is 9.13 Å². The second-order valence-corrected chi connectivity index (χ2v) is 4.93. The Labute approximate surface area is 99.2 Å². The molecule has 1 aromatic rings. The number of morpholine rings is 1. The first-order chi connectivity index (χ1) is 7.48. The summed E-state index contributed by atoms with van der Waals surface area (Å²) in [5.74, 6) is -0.0361. The largest absolute Gasteiger partial charge is 0.372 e. The maximum atomic E-state index is 13.7. The van der Waals surface area contributed by atoms with Crippen LogP contribution in [0.1, 0.15) is 13.8 Å². The first-order valence-electron chi connectivity index (χ1n) is 5.18. The Hall–Kier alpha value is -0.870. The number of rotatable bonds is 1. The van der Waals surface area contributed by atoms with Crippen LogP contribution in [0.2, 0.25) is 5.02 Å². The van der Waals surface area contributed by atoms with Crippen LogP contribution in [0.4, 0.5) is 10.2 Å². The van der Waals surface area contributed by atoms with Crippen molar-refractivity contribution in [3.05, 3.63) is 23.1 Å². The molecule has 0 N–H and O–H groups in total. The van der Waals surface area contributed by atoms with Gasteiger partial charge in [0.15, 0.2) is 11.6 Å². The van der Waals surface area contributed by atoms with E-state index >= 15 is 0 Å². The molecule has 16 heavy (non-hydrogen) atoms. The van der Waals surface area contributed by atoms with E-state index in [2.05, 4.69) is 4.98 Å². The summed E-state index contributed by atoms with van der Waals surface area (Å²) in [4.78, 5) is 5.91. The molecule has 1 fully saturated rings. The normalized spacial score (nSPS) is 19.9. The van der Waals surface area contributed by atoms with Gasteiger partial charge in [-0.05, 0) is 19.9 Å². The molecule has 0 aromatic carbocycles. The Morgan fingerprint density at radius 1 is 1.56 bits per heavy atom. The molecule has 0 bridgehead atoms. The molecule has 1 aliphatic rings. The molecule has 2 rings (SSSR count). The van der Waals surface area contributed by atoms with E-state index in [9.17, 15) is 4.39 Å². The van der Waals surface area contributed by atoms with Gasteiger partial charge in [-0.25, -0.2) is 9.37 Å². The van der Waals surface area contributed by atoms with Gasteiger partial charge in [-0.15, -0.1) is 0 Å². The Morgan fingerprint density at radius 3 is 2.94 bits per heavy atom. The maximum absolute atomic E-state index is 13.7. The summed E-state index contributed by atoms with van der Waals surface area (Å²) in [6.45, 7) is 5.81. The highest BCUT2D eigenvalue weighted by Gasteiger charge is 2.29. The lowest BCUT2D eigenvalue weighted by atomic mass is 10.1. The van der Waals surface area contributed by atoms with E-state index in [4.69, 9.17) is 16.3 Å². The van der Waals surface area contributed by atoms with Crippen LogP contribution < -0.4 is 4.90 Å².